The van der Waals surface area contributed by atoms with Gasteiger partial charge in [-0.15, -0.1) is 24.8 Å². The second-order valence-corrected chi connectivity index (χ2v) is 6.03. The number of aliphatic hydroxyl groups is 1. The van der Waals surface area contributed by atoms with Gasteiger partial charge in [-0.05, 0) is 30.3 Å². The van der Waals surface area contributed by atoms with Gasteiger partial charge in [0.15, 0.2) is 0 Å². The Balaban J connectivity index is 0.00000169. The summed E-state index contributed by atoms with van der Waals surface area (Å²) in [5.41, 5.74) is 0.447. The largest absolute Gasteiger partial charge is 0.456 e. The predicted octanol–water partition coefficient (Wildman–Crippen LogP) is 2.68. The molecular weight excluding hydrogens is 401 g/mol. The van der Waals surface area contributed by atoms with Crippen LogP contribution in [-0.2, 0) is 0 Å². The van der Waals surface area contributed by atoms with Gasteiger partial charge in [-0.25, -0.2) is 0 Å². The molecule has 142 valence electrons. The number of carbonyl (C=O) groups is 1. The normalized spacial score (nSPS) is 18.4. The van der Waals surface area contributed by atoms with Crippen LogP contribution in [0, 0.1) is 5.92 Å². The van der Waals surface area contributed by atoms with Crippen molar-refractivity contribution in [2.24, 2.45) is 5.92 Å². The zero-order chi connectivity index (χ0) is 16.9. The summed E-state index contributed by atoms with van der Waals surface area (Å²) in [7, 11) is 0. The number of halogens is 3. The summed E-state index contributed by atoms with van der Waals surface area (Å²) in [6.07, 6.45) is 2.82. The van der Waals surface area contributed by atoms with Gasteiger partial charge in [0.05, 0.1) is 11.1 Å². The number of benzene rings is 1. The predicted molar refractivity (Wildman–Crippen MR) is 105 cm³/mol. The van der Waals surface area contributed by atoms with Crippen molar-refractivity contribution in [1.29, 1.82) is 0 Å². The molecule has 3 N–H and O–H groups in total. The number of hydrogen-bond donors (Lipinski definition) is 3. The van der Waals surface area contributed by atoms with Crippen LogP contribution in [0.2, 0.25) is 5.02 Å². The molecular formula is C17H20Cl3N3O3. The van der Waals surface area contributed by atoms with Gasteiger partial charge in [0.1, 0.15) is 11.5 Å². The molecule has 1 aliphatic heterocycles. The SMILES string of the molecule is Cl.Cl.O=C(NCC1CNCC1O)c1ccc(Oc2ccncc2)c(Cl)c1. The monoisotopic (exact) mass is 419 g/mol. The number of ether oxygens (including phenoxy) is 1. The Kier molecular flexibility index (Phi) is 9.12. The first-order valence-corrected chi connectivity index (χ1v) is 8.05. The molecule has 1 aromatic carbocycles. The summed E-state index contributed by atoms with van der Waals surface area (Å²) >= 11 is 6.20. The summed E-state index contributed by atoms with van der Waals surface area (Å²) in [5.74, 6) is 0.881. The maximum absolute atomic E-state index is 12.2. The molecule has 2 aromatic rings. The highest BCUT2D eigenvalue weighted by atomic mass is 35.5. The molecule has 2 atom stereocenters. The molecule has 2 heterocycles. The number of hydrogen-bond acceptors (Lipinski definition) is 5. The van der Waals surface area contributed by atoms with Gasteiger partial charge in [0.25, 0.3) is 5.91 Å². The molecule has 0 aliphatic carbocycles. The molecule has 26 heavy (non-hydrogen) atoms. The minimum absolute atomic E-state index is 0. The van der Waals surface area contributed by atoms with Crippen LogP contribution in [0.25, 0.3) is 0 Å². The van der Waals surface area contributed by atoms with Crippen LogP contribution in [0.5, 0.6) is 11.5 Å². The highest BCUT2D eigenvalue weighted by Gasteiger charge is 2.25. The minimum Gasteiger partial charge on any atom is -0.456 e. The fourth-order valence-electron chi connectivity index (χ4n) is 2.51. The molecule has 9 heteroatoms. The van der Waals surface area contributed by atoms with Crippen LogP contribution >= 0.6 is 36.4 Å². The van der Waals surface area contributed by atoms with Gasteiger partial charge in [0, 0.05) is 43.5 Å². The number of aliphatic hydroxyl groups excluding tert-OH is 1. The molecule has 0 spiro atoms. The molecule has 1 aromatic heterocycles. The van der Waals surface area contributed by atoms with Crippen LogP contribution in [-0.4, -0.2) is 41.7 Å². The molecule has 1 fully saturated rings. The molecule has 6 nitrogen and oxygen atoms in total. The van der Waals surface area contributed by atoms with Crippen LogP contribution in [0.3, 0.4) is 0 Å². The van der Waals surface area contributed by atoms with Gasteiger partial charge in [-0.3, -0.25) is 9.78 Å². The smallest absolute Gasteiger partial charge is 0.251 e. The number of rotatable bonds is 5. The molecule has 1 aliphatic rings. The summed E-state index contributed by atoms with van der Waals surface area (Å²) in [4.78, 5) is 16.1. The van der Waals surface area contributed by atoms with E-state index < -0.39 is 6.10 Å². The first-order valence-electron chi connectivity index (χ1n) is 7.68. The Hall–Kier alpha value is -1.57. The highest BCUT2D eigenvalue weighted by Crippen LogP contribution is 2.29. The van der Waals surface area contributed by atoms with E-state index in [1.165, 1.54) is 0 Å². The third-order valence-electron chi connectivity index (χ3n) is 3.90. The average molecular weight is 421 g/mol. The quantitative estimate of drug-likeness (QED) is 0.693. The van der Waals surface area contributed by atoms with Crippen molar-refractivity contribution in [3.63, 3.8) is 0 Å². The van der Waals surface area contributed by atoms with E-state index in [0.29, 0.717) is 41.7 Å². The topological polar surface area (TPSA) is 83.5 Å². The molecule has 3 rings (SSSR count). The number of aromatic nitrogens is 1. The third kappa shape index (κ3) is 5.72. The van der Waals surface area contributed by atoms with Crippen molar-refractivity contribution in [1.82, 2.24) is 15.6 Å². The first kappa shape index (κ1) is 22.5. The number of amides is 1. The van der Waals surface area contributed by atoms with Crippen LogP contribution in [0.1, 0.15) is 10.4 Å². The van der Waals surface area contributed by atoms with E-state index in [2.05, 4.69) is 15.6 Å². The lowest BCUT2D eigenvalue weighted by molar-refractivity contribution is 0.0927. The van der Waals surface area contributed by atoms with Gasteiger partial charge in [-0.1, -0.05) is 11.6 Å². The van der Waals surface area contributed by atoms with Gasteiger partial charge < -0.3 is 20.5 Å². The maximum atomic E-state index is 12.2. The van der Waals surface area contributed by atoms with Crippen molar-refractivity contribution in [2.45, 2.75) is 6.10 Å². The number of carbonyl (C=O) groups excluding carboxylic acids is 1. The number of β-amino-alcohol motifs (C(OH)–C–C–N with tert-alkyl or cyclic N) is 1. The molecule has 0 saturated carbocycles. The van der Waals surface area contributed by atoms with Crippen molar-refractivity contribution in [3.8, 4) is 11.5 Å². The first-order chi connectivity index (χ1) is 11.6. The maximum Gasteiger partial charge on any atom is 0.251 e. The summed E-state index contributed by atoms with van der Waals surface area (Å²) in [5, 5.41) is 16.0. The second kappa shape index (κ2) is 10.5. The Bertz CT molecular complexity index is 719. The van der Waals surface area contributed by atoms with Gasteiger partial charge in [-0.2, -0.15) is 0 Å². The van der Waals surface area contributed by atoms with Crippen molar-refractivity contribution >= 4 is 42.3 Å². The Morgan fingerprint density at radius 3 is 2.62 bits per heavy atom. The van der Waals surface area contributed by atoms with Crippen molar-refractivity contribution in [3.05, 3.63) is 53.3 Å². The molecule has 1 amide bonds. The van der Waals surface area contributed by atoms with E-state index in [-0.39, 0.29) is 36.6 Å². The fourth-order valence-corrected chi connectivity index (χ4v) is 2.73. The molecule has 0 radical (unpaired) electrons. The van der Waals surface area contributed by atoms with Gasteiger partial charge >= 0.3 is 0 Å². The van der Waals surface area contributed by atoms with E-state index in [0.717, 1.165) is 0 Å². The average Bonchev–Trinajstić information content (AvgIpc) is 3.00. The standard InChI is InChI=1S/C17H18ClN3O3.2ClH/c18-14-7-11(17(23)21-9-12-8-20-10-15(12)22)1-2-16(14)24-13-3-5-19-6-4-13;;/h1-7,12,15,20,22H,8-10H2,(H,21,23);2*1H. The minimum atomic E-state index is -0.426. The number of nitrogens with one attached hydrogen (secondary N) is 2. The lowest BCUT2D eigenvalue weighted by Crippen LogP contribution is -2.34. The lowest BCUT2D eigenvalue weighted by Gasteiger charge is -2.14. The van der Waals surface area contributed by atoms with E-state index in [9.17, 15) is 9.90 Å². The lowest BCUT2D eigenvalue weighted by atomic mass is 10.1. The summed E-state index contributed by atoms with van der Waals surface area (Å²) in [6.45, 7) is 1.67. The summed E-state index contributed by atoms with van der Waals surface area (Å²) < 4.78 is 5.65. The Morgan fingerprint density at radius 2 is 2.00 bits per heavy atom. The molecule has 0 bridgehead atoms. The Morgan fingerprint density at radius 1 is 1.27 bits per heavy atom. The number of nitrogens with zero attached hydrogens (tertiary/aromatic N) is 1. The zero-order valence-corrected chi connectivity index (χ0v) is 16.1. The third-order valence-corrected chi connectivity index (χ3v) is 4.20. The van der Waals surface area contributed by atoms with Gasteiger partial charge in [0.2, 0.25) is 0 Å². The van der Waals surface area contributed by atoms with E-state index in [4.69, 9.17) is 16.3 Å². The van der Waals surface area contributed by atoms with Crippen LogP contribution in [0.15, 0.2) is 42.7 Å². The van der Waals surface area contributed by atoms with Crippen molar-refractivity contribution in [2.75, 3.05) is 19.6 Å². The number of pyridine rings is 1. The second-order valence-electron chi connectivity index (χ2n) is 5.63. The van der Waals surface area contributed by atoms with E-state index in [1.54, 1.807) is 42.7 Å². The van der Waals surface area contributed by atoms with Crippen molar-refractivity contribution < 1.29 is 14.6 Å². The Labute approximate surface area is 169 Å². The highest BCUT2D eigenvalue weighted by molar-refractivity contribution is 6.32. The fraction of sp³-hybridized carbons (Fsp3) is 0.294. The molecule has 1 saturated heterocycles. The van der Waals surface area contributed by atoms with Crippen LogP contribution in [0.4, 0.5) is 0 Å². The molecule has 2 unspecified atom stereocenters. The summed E-state index contributed by atoms with van der Waals surface area (Å²) in [6, 6.07) is 8.32. The van der Waals surface area contributed by atoms with Crippen LogP contribution < -0.4 is 15.4 Å². The van der Waals surface area contributed by atoms with E-state index >= 15 is 0 Å². The van der Waals surface area contributed by atoms with E-state index in [1.807, 2.05) is 0 Å². The zero-order valence-electron chi connectivity index (χ0n) is 13.7.